The van der Waals surface area contributed by atoms with E-state index in [9.17, 15) is 4.79 Å². The molecule has 0 bridgehead atoms. The van der Waals surface area contributed by atoms with Crippen LogP contribution in [0, 0.1) is 0 Å². The highest BCUT2D eigenvalue weighted by molar-refractivity contribution is 6.17. The lowest BCUT2D eigenvalue weighted by molar-refractivity contribution is 0.111. The van der Waals surface area contributed by atoms with Gasteiger partial charge in [-0.2, -0.15) is 0 Å². The van der Waals surface area contributed by atoms with Crippen LogP contribution < -0.4 is 0 Å². The summed E-state index contributed by atoms with van der Waals surface area (Å²) < 4.78 is 4.93. The first-order chi connectivity index (χ1) is 5.72. The van der Waals surface area contributed by atoms with Crippen LogP contribution in [0.2, 0.25) is 0 Å². The molecule has 0 aliphatic rings. The van der Waals surface area contributed by atoms with Crippen molar-refractivity contribution in [2.45, 2.75) is 19.8 Å². The molecule has 4 heteroatoms. The molecule has 72 valence electrons. The Kier molecular flexibility index (Phi) is 6.96. The molecule has 0 aromatic rings. The van der Waals surface area contributed by atoms with E-state index in [0.717, 1.165) is 12.8 Å². The van der Waals surface area contributed by atoms with Crippen molar-refractivity contribution >= 4 is 17.7 Å². The second kappa shape index (κ2) is 7.22. The molecule has 12 heavy (non-hydrogen) atoms. The summed E-state index contributed by atoms with van der Waals surface area (Å²) in [6.07, 6.45) is 1.48. The standard InChI is InChI=1S/C8H16ClNO2/c1-3-10(2)8(11)12-7-5-4-6-9/h3-7H2,1-2H3. The zero-order valence-electron chi connectivity index (χ0n) is 7.68. The quantitative estimate of drug-likeness (QED) is 0.494. The normalized spacial score (nSPS) is 9.58. The van der Waals surface area contributed by atoms with Crippen LogP contribution in [0.3, 0.4) is 0 Å². The van der Waals surface area contributed by atoms with Gasteiger partial charge in [0.15, 0.2) is 0 Å². The lowest BCUT2D eigenvalue weighted by Crippen LogP contribution is -2.27. The molecule has 0 fully saturated rings. The second-order valence-corrected chi connectivity index (χ2v) is 2.90. The lowest BCUT2D eigenvalue weighted by atomic mass is 10.4. The van der Waals surface area contributed by atoms with Gasteiger partial charge in [-0.1, -0.05) is 0 Å². The molecule has 0 saturated heterocycles. The fourth-order valence-corrected chi connectivity index (χ4v) is 0.784. The smallest absolute Gasteiger partial charge is 0.409 e. The van der Waals surface area contributed by atoms with E-state index in [1.165, 1.54) is 4.90 Å². The summed E-state index contributed by atoms with van der Waals surface area (Å²) in [5.41, 5.74) is 0. The van der Waals surface area contributed by atoms with Gasteiger partial charge in [-0.3, -0.25) is 0 Å². The van der Waals surface area contributed by atoms with E-state index in [4.69, 9.17) is 16.3 Å². The van der Waals surface area contributed by atoms with Gasteiger partial charge in [-0.25, -0.2) is 4.79 Å². The molecule has 0 unspecified atom stereocenters. The molecule has 0 aromatic carbocycles. The number of unbranched alkanes of at least 4 members (excludes halogenated alkanes) is 1. The maximum atomic E-state index is 11.0. The van der Waals surface area contributed by atoms with Crippen molar-refractivity contribution in [3.05, 3.63) is 0 Å². The number of carbonyl (C=O) groups is 1. The molecular formula is C8H16ClNO2. The Morgan fingerprint density at radius 3 is 2.67 bits per heavy atom. The zero-order valence-corrected chi connectivity index (χ0v) is 8.43. The van der Waals surface area contributed by atoms with Gasteiger partial charge in [0.25, 0.3) is 0 Å². The van der Waals surface area contributed by atoms with Crippen LogP contribution >= 0.6 is 11.6 Å². The van der Waals surface area contributed by atoms with E-state index >= 15 is 0 Å². The SMILES string of the molecule is CCN(C)C(=O)OCCCCCl. The van der Waals surface area contributed by atoms with Crippen LogP contribution in [-0.4, -0.2) is 37.1 Å². The molecular weight excluding hydrogens is 178 g/mol. The van der Waals surface area contributed by atoms with Crippen LogP contribution in [0.1, 0.15) is 19.8 Å². The Morgan fingerprint density at radius 2 is 2.17 bits per heavy atom. The molecule has 0 N–H and O–H groups in total. The molecule has 0 aromatic heterocycles. The summed E-state index contributed by atoms with van der Waals surface area (Å²) in [6, 6.07) is 0. The number of ether oxygens (including phenoxy) is 1. The number of carbonyl (C=O) groups excluding carboxylic acids is 1. The second-order valence-electron chi connectivity index (χ2n) is 2.52. The maximum absolute atomic E-state index is 11.0. The molecule has 0 aliphatic carbocycles. The number of rotatable bonds is 5. The van der Waals surface area contributed by atoms with Gasteiger partial charge < -0.3 is 9.64 Å². The first-order valence-electron chi connectivity index (χ1n) is 4.16. The summed E-state index contributed by atoms with van der Waals surface area (Å²) in [6.45, 7) is 3.05. The van der Waals surface area contributed by atoms with Crippen molar-refractivity contribution in [2.24, 2.45) is 0 Å². The number of nitrogens with zero attached hydrogens (tertiary/aromatic N) is 1. The highest BCUT2D eigenvalue weighted by Gasteiger charge is 2.05. The van der Waals surface area contributed by atoms with Gasteiger partial charge in [0, 0.05) is 19.5 Å². The van der Waals surface area contributed by atoms with E-state index in [2.05, 4.69) is 0 Å². The van der Waals surface area contributed by atoms with Crippen LogP contribution in [0.25, 0.3) is 0 Å². The summed E-state index contributed by atoms with van der Waals surface area (Å²) >= 11 is 5.46. The highest BCUT2D eigenvalue weighted by Crippen LogP contribution is 1.95. The average Bonchev–Trinajstić information content (AvgIpc) is 2.10. The Bertz CT molecular complexity index is 130. The van der Waals surface area contributed by atoms with Gasteiger partial charge in [-0.05, 0) is 19.8 Å². The van der Waals surface area contributed by atoms with Crippen LogP contribution in [-0.2, 0) is 4.74 Å². The largest absolute Gasteiger partial charge is 0.449 e. The minimum absolute atomic E-state index is 0.257. The molecule has 0 saturated carbocycles. The minimum Gasteiger partial charge on any atom is -0.449 e. The number of hydrogen-bond donors (Lipinski definition) is 0. The molecule has 0 spiro atoms. The first-order valence-corrected chi connectivity index (χ1v) is 4.69. The van der Waals surface area contributed by atoms with E-state index in [-0.39, 0.29) is 6.09 Å². The molecule has 1 amide bonds. The third kappa shape index (κ3) is 5.24. The Morgan fingerprint density at radius 1 is 1.50 bits per heavy atom. The van der Waals surface area contributed by atoms with Gasteiger partial charge in [-0.15, -0.1) is 11.6 Å². The summed E-state index contributed by atoms with van der Waals surface area (Å²) in [4.78, 5) is 12.5. The van der Waals surface area contributed by atoms with E-state index in [0.29, 0.717) is 19.0 Å². The van der Waals surface area contributed by atoms with Crippen molar-refractivity contribution < 1.29 is 9.53 Å². The van der Waals surface area contributed by atoms with Crippen molar-refractivity contribution in [1.29, 1.82) is 0 Å². The average molecular weight is 194 g/mol. The molecule has 3 nitrogen and oxygen atoms in total. The van der Waals surface area contributed by atoms with E-state index < -0.39 is 0 Å². The van der Waals surface area contributed by atoms with E-state index in [1.54, 1.807) is 7.05 Å². The van der Waals surface area contributed by atoms with Crippen molar-refractivity contribution in [3.8, 4) is 0 Å². The van der Waals surface area contributed by atoms with Crippen LogP contribution in [0.5, 0.6) is 0 Å². The van der Waals surface area contributed by atoms with Gasteiger partial charge >= 0.3 is 6.09 Å². The highest BCUT2D eigenvalue weighted by atomic mass is 35.5. The number of amides is 1. The van der Waals surface area contributed by atoms with Crippen molar-refractivity contribution in [3.63, 3.8) is 0 Å². The van der Waals surface area contributed by atoms with E-state index in [1.807, 2.05) is 6.92 Å². The number of alkyl halides is 1. The minimum atomic E-state index is -0.257. The Balaban J connectivity index is 3.31. The molecule has 0 rings (SSSR count). The van der Waals surface area contributed by atoms with Gasteiger partial charge in [0.2, 0.25) is 0 Å². The summed E-state index contributed by atoms with van der Waals surface area (Å²) in [5.74, 6) is 0.626. The summed E-state index contributed by atoms with van der Waals surface area (Å²) in [7, 11) is 1.71. The topological polar surface area (TPSA) is 29.5 Å². The fraction of sp³-hybridized carbons (Fsp3) is 0.875. The van der Waals surface area contributed by atoms with Gasteiger partial charge in [0.05, 0.1) is 6.61 Å². The lowest BCUT2D eigenvalue weighted by Gasteiger charge is -2.13. The Hall–Kier alpha value is -0.440. The third-order valence-electron chi connectivity index (χ3n) is 1.54. The zero-order chi connectivity index (χ0) is 9.40. The predicted molar refractivity (Wildman–Crippen MR) is 49.6 cm³/mol. The van der Waals surface area contributed by atoms with Crippen molar-refractivity contribution in [2.75, 3.05) is 26.1 Å². The third-order valence-corrected chi connectivity index (χ3v) is 1.81. The monoisotopic (exact) mass is 193 g/mol. The fourth-order valence-electron chi connectivity index (χ4n) is 0.595. The molecule has 0 aliphatic heterocycles. The van der Waals surface area contributed by atoms with Crippen LogP contribution in [0.4, 0.5) is 4.79 Å². The number of hydrogen-bond acceptors (Lipinski definition) is 2. The van der Waals surface area contributed by atoms with Crippen molar-refractivity contribution in [1.82, 2.24) is 4.90 Å². The first kappa shape index (κ1) is 11.6. The molecule has 0 radical (unpaired) electrons. The molecule has 0 atom stereocenters. The Labute approximate surface area is 78.6 Å². The maximum Gasteiger partial charge on any atom is 0.409 e. The predicted octanol–water partition coefficient (Wildman–Crippen LogP) is 2.09. The summed E-state index contributed by atoms with van der Waals surface area (Å²) in [5, 5.41) is 0. The van der Waals surface area contributed by atoms with Gasteiger partial charge in [0.1, 0.15) is 0 Å². The van der Waals surface area contributed by atoms with Crippen LogP contribution in [0.15, 0.2) is 0 Å². The number of halogens is 1. The molecule has 0 heterocycles.